The van der Waals surface area contributed by atoms with Crippen molar-refractivity contribution in [3.63, 3.8) is 0 Å². The van der Waals surface area contributed by atoms with Crippen LogP contribution in [-0.4, -0.2) is 0 Å². The van der Waals surface area contributed by atoms with E-state index >= 15 is 0 Å². The first-order valence-electron chi connectivity index (χ1n) is 5.56. The van der Waals surface area contributed by atoms with Gasteiger partial charge in [-0.25, -0.2) is 0 Å². The summed E-state index contributed by atoms with van der Waals surface area (Å²) in [4.78, 5) is 0. The zero-order valence-corrected chi connectivity index (χ0v) is 8.79. The molecule has 0 saturated heterocycles. The molecule has 2 aliphatic rings. The lowest BCUT2D eigenvalue weighted by Crippen LogP contribution is -2.37. The van der Waals surface area contributed by atoms with E-state index in [1.165, 1.54) is 25.7 Å². The Morgan fingerprint density at radius 1 is 1.00 bits per heavy atom. The van der Waals surface area contributed by atoms with Gasteiger partial charge in [0, 0.05) is 0 Å². The molecule has 0 N–H and O–H groups in total. The van der Waals surface area contributed by atoms with Crippen molar-refractivity contribution in [1.29, 1.82) is 0 Å². The third kappa shape index (κ3) is 1.37. The summed E-state index contributed by atoms with van der Waals surface area (Å²) in [5, 5.41) is 0. The fraction of sp³-hybridized carbons (Fsp3) is 0.692. The number of hydrogen-bond acceptors (Lipinski definition) is 0. The first-order valence-corrected chi connectivity index (χ1v) is 5.56. The van der Waals surface area contributed by atoms with E-state index in [4.69, 9.17) is 0 Å². The average molecular weight is 176 g/mol. The molecule has 13 heavy (non-hydrogen) atoms. The van der Waals surface area contributed by atoms with E-state index in [0.717, 1.165) is 11.8 Å². The van der Waals surface area contributed by atoms with Crippen molar-refractivity contribution in [3.05, 3.63) is 24.3 Å². The first-order chi connectivity index (χ1) is 6.26. The number of rotatable bonds is 1. The Balaban J connectivity index is 2.28. The van der Waals surface area contributed by atoms with E-state index < -0.39 is 0 Å². The van der Waals surface area contributed by atoms with Gasteiger partial charge in [0.25, 0.3) is 0 Å². The van der Waals surface area contributed by atoms with Crippen LogP contribution in [0.4, 0.5) is 0 Å². The minimum atomic E-state index is 0.601. The Kier molecular flexibility index (Phi) is 2.31. The highest BCUT2D eigenvalue weighted by Crippen LogP contribution is 2.50. The summed E-state index contributed by atoms with van der Waals surface area (Å²) in [6.45, 7) is 4.79. The van der Waals surface area contributed by atoms with E-state index in [2.05, 4.69) is 38.2 Å². The highest BCUT2D eigenvalue weighted by atomic mass is 14.5. The van der Waals surface area contributed by atoms with E-state index in [1.807, 2.05) is 0 Å². The Labute approximate surface area is 81.7 Å². The molecular formula is C13H20. The van der Waals surface area contributed by atoms with Crippen molar-refractivity contribution in [2.75, 3.05) is 0 Å². The van der Waals surface area contributed by atoms with Gasteiger partial charge in [0.15, 0.2) is 0 Å². The molecule has 0 heterocycles. The Morgan fingerprint density at radius 3 is 1.92 bits per heavy atom. The number of hydrogen-bond donors (Lipinski definition) is 0. The molecule has 0 heteroatoms. The summed E-state index contributed by atoms with van der Waals surface area (Å²) in [6.07, 6.45) is 14.8. The van der Waals surface area contributed by atoms with Crippen LogP contribution in [0.15, 0.2) is 24.3 Å². The summed E-state index contributed by atoms with van der Waals surface area (Å²) in [6, 6.07) is 0. The second-order valence-corrected chi connectivity index (χ2v) is 4.91. The van der Waals surface area contributed by atoms with Crippen LogP contribution in [0.2, 0.25) is 0 Å². The molecule has 0 spiro atoms. The lowest BCUT2D eigenvalue weighted by atomic mass is 9.58. The molecule has 2 rings (SSSR count). The van der Waals surface area contributed by atoms with Crippen LogP contribution < -0.4 is 0 Å². The summed E-state index contributed by atoms with van der Waals surface area (Å²) in [5.41, 5.74) is 0.601. The van der Waals surface area contributed by atoms with Gasteiger partial charge in [0.2, 0.25) is 0 Å². The van der Waals surface area contributed by atoms with Crippen LogP contribution in [-0.2, 0) is 0 Å². The molecule has 0 nitrogen and oxygen atoms in total. The van der Waals surface area contributed by atoms with Crippen LogP contribution in [0.5, 0.6) is 0 Å². The summed E-state index contributed by atoms with van der Waals surface area (Å²) in [7, 11) is 0. The van der Waals surface area contributed by atoms with Crippen LogP contribution in [0.1, 0.15) is 39.5 Å². The standard InChI is InChI=1S/C13H20/c1-11(2)13-9-5-3-7-12(13)8-4-6-10-13/h3-6,11-12H,7-10H2,1-2H3. The highest BCUT2D eigenvalue weighted by molar-refractivity contribution is 5.11. The maximum atomic E-state index is 2.40. The van der Waals surface area contributed by atoms with Gasteiger partial charge < -0.3 is 0 Å². The second kappa shape index (κ2) is 3.32. The molecule has 0 aromatic carbocycles. The molecule has 0 aromatic heterocycles. The van der Waals surface area contributed by atoms with E-state index in [1.54, 1.807) is 0 Å². The molecule has 0 aromatic rings. The normalized spacial score (nSPS) is 37.9. The zero-order valence-electron chi connectivity index (χ0n) is 8.79. The number of fused-ring (bicyclic) bond motifs is 1. The van der Waals surface area contributed by atoms with Gasteiger partial charge in [-0.1, -0.05) is 38.2 Å². The monoisotopic (exact) mass is 176 g/mol. The molecule has 0 fully saturated rings. The Hall–Kier alpha value is -0.520. The Morgan fingerprint density at radius 2 is 1.54 bits per heavy atom. The maximum absolute atomic E-state index is 2.40. The SMILES string of the molecule is CC(C)C12CC=CCC1CC=CC2. The van der Waals surface area contributed by atoms with Gasteiger partial charge in [-0.05, 0) is 42.9 Å². The fourth-order valence-electron chi connectivity index (χ4n) is 3.05. The second-order valence-electron chi connectivity index (χ2n) is 4.91. The first kappa shape index (κ1) is 9.05. The topological polar surface area (TPSA) is 0 Å². The third-order valence-electron chi connectivity index (χ3n) is 4.13. The molecule has 2 aliphatic carbocycles. The predicted molar refractivity (Wildman–Crippen MR) is 57.5 cm³/mol. The molecule has 0 bridgehead atoms. The summed E-state index contributed by atoms with van der Waals surface area (Å²) < 4.78 is 0. The van der Waals surface area contributed by atoms with E-state index in [0.29, 0.717) is 5.41 Å². The molecule has 0 atom stereocenters. The summed E-state index contributed by atoms with van der Waals surface area (Å²) >= 11 is 0. The van der Waals surface area contributed by atoms with Crippen molar-refractivity contribution in [2.24, 2.45) is 17.3 Å². The van der Waals surface area contributed by atoms with Crippen LogP contribution in [0, 0.1) is 17.3 Å². The molecular weight excluding hydrogens is 156 g/mol. The van der Waals surface area contributed by atoms with Crippen molar-refractivity contribution in [1.82, 2.24) is 0 Å². The van der Waals surface area contributed by atoms with Crippen molar-refractivity contribution in [2.45, 2.75) is 39.5 Å². The van der Waals surface area contributed by atoms with Crippen molar-refractivity contribution >= 4 is 0 Å². The third-order valence-corrected chi connectivity index (χ3v) is 4.13. The molecule has 0 radical (unpaired) electrons. The van der Waals surface area contributed by atoms with E-state index in [-0.39, 0.29) is 0 Å². The van der Waals surface area contributed by atoms with Gasteiger partial charge in [0.1, 0.15) is 0 Å². The number of allylic oxidation sites excluding steroid dienone is 4. The lowest BCUT2D eigenvalue weighted by Gasteiger charge is -2.47. The van der Waals surface area contributed by atoms with Crippen LogP contribution in [0.25, 0.3) is 0 Å². The van der Waals surface area contributed by atoms with E-state index in [9.17, 15) is 0 Å². The molecule has 0 amide bonds. The quantitative estimate of drug-likeness (QED) is 0.531. The van der Waals surface area contributed by atoms with Gasteiger partial charge in [-0.3, -0.25) is 0 Å². The maximum Gasteiger partial charge on any atom is -0.0171 e. The van der Waals surface area contributed by atoms with Gasteiger partial charge in [0.05, 0.1) is 0 Å². The lowest BCUT2D eigenvalue weighted by molar-refractivity contribution is 0.0825. The fourth-order valence-corrected chi connectivity index (χ4v) is 3.05. The smallest absolute Gasteiger partial charge is 0.0171 e. The molecule has 0 unspecified atom stereocenters. The van der Waals surface area contributed by atoms with Crippen LogP contribution >= 0.6 is 0 Å². The summed E-state index contributed by atoms with van der Waals surface area (Å²) in [5.74, 6) is 1.75. The van der Waals surface area contributed by atoms with Gasteiger partial charge in [-0.15, -0.1) is 0 Å². The van der Waals surface area contributed by atoms with Crippen molar-refractivity contribution in [3.8, 4) is 0 Å². The molecule has 72 valence electrons. The van der Waals surface area contributed by atoms with Crippen molar-refractivity contribution < 1.29 is 0 Å². The largest absolute Gasteiger partial charge is 0.0882 e. The highest BCUT2D eigenvalue weighted by Gasteiger charge is 2.41. The average Bonchev–Trinajstić information content (AvgIpc) is 2.17. The minimum absolute atomic E-state index is 0.601. The molecule has 0 saturated carbocycles. The molecule has 0 aliphatic heterocycles. The predicted octanol–water partition coefficient (Wildman–Crippen LogP) is 3.95. The van der Waals surface area contributed by atoms with Gasteiger partial charge in [-0.2, -0.15) is 0 Å². The zero-order chi connectivity index (χ0) is 9.31. The Bertz CT molecular complexity index is 214. The minimum Gasteiger partial charge on any atom is -0.0882 e. The van der Waals surface area contributed by atoms with Crippen LogP contribution in [0.3, 0.4) is 0 Å². The van der Waals surface area contributed by atoms with Gasteiger partial charge >= 0.3 is 0 Å².